The lowest BCUT2D eigenvalue weighted by atomic mass is 9.92. The summed E-state index contributed by atoms with van der Waals surface area (Å²) in [6, 6.07) is 19.8. The minimum atomic E-state index is -3.31. The first kappa shape index (κ1) is 19.2. The zero-order valence-corrected chi connectivity index (χ0v) is 17.1. The summed E-state index contributed by atoms with van der Waals surface area (Å²) in [6.45, 7) is 3.56. The minimum Gasteiger partial charge on any atom is -0.449 e. The van der Waals surface area contributed by atoms with E-state index in [4.69, 9.17) is 9.47 Å². The Hall–Kier alpha value is -3.12. The van der Waals surface area contributed by atoms with Crippen molar-refractivity contribution in [3.05, 3.63) is 78.1 Å². The molecule has 0 N–H and O–H groups in total. The van der Waals surface area contributed by atoms with Crippen molar-refractivity contribution in [1.82, 2.24) is 0 Å². The van der Waals surface area contributed by atoms with Gasteiger partial charge in [-0.2, -0.15) is 0 Å². The Morgan fingerprint density at radius 1 is 0.897 bits per heavy atom. The highest BCUT2D eigenvalue weighted by atomic mass is 32.2. The van der Waals surface area contributed by atoms with E-state index in [9.17, 15) is 13.2 Å². The Kier molecular flexibility index (Phi) is 4.46. The van der Waals surface area contributed by atoms with Gasteiger partial charge in [0, 0.05) is 11.6 Å². The first-order valence-corrected chi connectivity index (χ1v) is 11.0. The zero-order valence-electron chi connectivity index (χ0n) is 16.3. The number of sulfone groups is 1. The first-order valence-electron chi connectivity index (χ1n) is 9.11. The standard InChI is InChI=1S/C23H20O5S/c1-23(2)20(16-11-13-17(14-12-16)29(3,25)26)21(22(24)28-23)27-19-10-6-8-15-7-4-5-9-18(15)19/h4-14H,1-3H3. The molecule has 0 aliphatic carbocycles. The van der Waals surface area contributed by atoms with Crippen LogP contribution in [-0.2, 0) is 19.4 Å². The van der Waals surface area contributed by atoms with E-state index in [0.717, 1.165) is 17.0 Å². The average molecular weight is 408 g/mol. The predicted octanol–water partition coefficient (Wildman–Crippen LogP) is 4.37. The van der Waals surface area contributed by atoms with Crippen LogP contribution in [0, 0.1) is 0 Å². The number of fused-ring (bicyclic) bond motifs is 1. The summed E-state index contributed by atoms with van der Waals surface area (Å²) >= 11 is 0. The smallest absolute Gasteiger partial charge is 0.375 e. The largest absolute Gasteiger partial charge is 0.449 e. The molecule has 0 amide bonds. The van der Waals surface area contributed by atoms with Crippen molar-refractivity contribution in [2.24, 2.45) is 0 Å². The van der Waals surface area contributed by atoms with E-state index in [0.29, 0.717) is 16.9 Å². The van der Waals surface area contributed by atoms with Crippen LogP contribution < -0.4 is 4.74 Å². The quantitative estimate of drug-likeness (QED) is 0.600. The molecule has 0 aromatic heterocycles. The molecule has 0 radical (unpaired) electrons. The van der Waals surface area contributed by atoms with Crippen molar-refractivity contribution >= 4 is 32.2 Å². The van der Waals surface area contributed by atoms with Crippen molar-refractivity contribution in [3.8, 4) is 5.75 Å². The van der Waals surface area contributed by atoms with Gasteiger partial charge in [-0.15, -0.1) is 0 Å². The molecule has 0 saturated carbocycles. The lowest BCUT2D eigenvalue weighted by molar-refractivity contribution is -0.145. The maximum atomic E-state index is 12.6. The summed E-state index contributed by atoms with van der Waals surface area (Å²) in [7, 11) is -3.31. The molecular weight excluding hydrogens is 388 g/mol. The van der Waals surface area contributed by atoms with Crippen LogP contribution in [0.1, 0.15) is 19.4 Å². The molecule has 0 fully saturated rings. The van der Waals surface area contributed by atoms with Crippen LogP contribution in [-0.4, -0.2) is 26.2 Å². The van der Waals surface area contributed by atoms with Crippen LogP contribution in [0.3, 0.4) is 0 Å². The molecule has 148 valence electrons. The third-order valence-corrected chi connectivity index (χ3v) is 6.02. The third kappa shape index (κ3) is 3.51. The second-order valence-electron chi connectivity index (χ2n) is 7.48. The molecule has 1 aliphatic rings. The van der Waals surface area contributed by atoms with Crippen LogP contribution in [0.4, 0.5) is 0 Å². The summed E-state index contributed by atoms with van der Waals surface area (Å²) in [6.07, 6.45) is 1.16. The number of hydrogen-bond acceptors (Lipinski definition) is 5. The molecule has 3 aromatic rings. The highest BCUT2D eigenvalue weighted by molar-refractivity contribution is 7.90. The van der Waals surface area contributed by atoms with Gasteiger partial charge in [-0.1, -0.05) is 48.5 Å². The van der Waals surface area contributed by atoms with E-state index >= 15 is 0 Å². The van der Waals surface area contributed by atoms with Crippen molar-refractivity contribution in [2.45, 2.75) is 24.3 Å². The topological polar surface area (TPSA) is 69.7 Å². The van der Waals surface area contributed by atoms with E-state index in [1.807, 2.05) is 36.4 Å². The summed E-state index contributed by atoms with van der Waals surface area (Å²) in [5.74, 6) is 0.113. The van der Waals surface area contributed by atoms with Gasteiger partial charge < -0.3 is 9.47 Å². The normalized spacial score (nSPS) is 16.2. The summed E-state index contributed by atoms with van der Waals surface area (Å²) in [4.78, 5) is 12.8. The Labute approximate surface area is 169 Å². The molecule has 3 aromatic carbocycles. The van der Waals surface area contributed by atoms with Crippen molar-refractivity contribution in [1.29, 1.82) is 0 Å². The van der Waals surface area contributed by atoms with E-state index in [2.05, 4.69) is 0 Å². The fourth-order valence-corrected chi connectivity index (χ4v) is 4.17. The highest BCUT2D eigenvalue weighted by Gasteiger charge is 2.43. The Balaban J connectivity index is 1.84. The van der Waals surface area contributed by atoms with Crippen molar-refractivity contribution in [2.75, 3.05) is 6.26 Å². The van der Waals surface area contributed by atoms with Gasteiger partial charge in [0.15, 0.2) is 9.84 Å². The summed E-state index contributed by atoms with van der Waals surface area (Å²) < 4.78 is 35.2. The molecule has 0 bridgehead atoms. The number of carbonyl (C=O) groups is 1. The van der Waals surface area contributed by atoms with Crippen LogP contribution in [0.25, 0.3) is 16.3 Å². The maximum Gasteiger partial charge on any atom is 0.375 e. The molecule has 5 nitrogen and oxygen atoms in total. The molecule has 1 heterocycles. The fraction of sp³-hybridized carbons (Fsp3) is 0.174. The molecule has 0 spiro atoms. The number of rotatable bonds is 4. The van der Waals surface area contributed by atoms with Gasteiger partial charge in [0.25, 0.3) is 0 Å². The van der Waals surface area contributed by atoms with Crippen LogP contribution >= 0.6 is 0 Å². The fourth-order valence-electron chi connectivity index (χ4n) is 3.54. The van der Waals surface area contributed by atoms with Crippen molar-refractivity contribution in [3.63, 3.8) is 0 Å². The predicted molar refractivity (Wildman–Crippen MR) is 111 cm³/mol. The second-order valence-corrected chi connectivity index (χ2v) is 9.50. The maximum absolute atomic E-state index is 12.6. The van der Waals surface area contributed by atoms with E-state index in [1.165, 1.54) is 12.1 Å². The number of cyclic esters (lactones) is 1. The van der Waals surface area contributed by atoms with Crippen molar-refractivity contribution < 1.29 is 22.7 Å². The van der Waals surface area contributed by atoms with E-state index in [1.54, 1.807) is 32.0 Å². The number of hydrogen-bond donors (Lipinski definition) is 0. The Morgan fingerprint density at radius 3 is 2.24 bits per heavy atom. The van der Waals surface area contributed by atoms with Gasteiger partial charge in [-0.25, -0.2) is 13.2 Å². The molecule has 29 heavy (non-hydrogen) atoms. The first-order chi connectivity index (χ1) is 13.7. The minimum absolute atomic E-state index is 0.110. The van der Waals surface area contributed by atoms with Gasteiger partial charge >= 0.3 is 5.97 Å². The van der Waals surface area contributed by atoms with Gasteiger partial charge in [0.1, 0.15) is 11.4 Å². The summed E-state index contributed by atoms with van der Waals surface area (Å²) in [5.41, 5.74) is 0.336. The second kappa shape index (κ2) is 6.74. The average Bonchev–Trinajstić information content (AvgIpc) is 2.89. The molecule has 0 unspecified atom stereocenters. The van der Waals surface area contributed by atoms with E-state index in [-0.39, 0.29) is 10.7 Å². The van der Waals surface area contributed by atoms with Crippen LogP contribution in [0.2, 0.25) is 0 Å². The molecule has 0 saturated heterocycles. The SMILES string of the molecule is CC1(C)OC(=O)C(Oc2cccc3ccccc23)=C1c1ccc(S(C)(=O)=O)cc1. The molecule has 1 aliphatic heterocycles. The number of benzene rings is 3. The number of ether oxygens (including phenoxy) is 2. The number of carbonyl (C=O) groups excluding carboxylic acids is 1. The lowest BCUT2D eigenvalue weighted by Crippen LogP contribution is -2.22. The zero-order chi connectivity index (χ0) is 20.8. The highest BCUT2D eigenvalue weighted by Crippen LogP contribution is 2.41. The summed E-state index contributed by atoms with van der Waals surface area (Å²) in [5, 5.41) is 1.88. The molecule has 0 atom stereocenters. The molecule has 4 rings (SSSR count). The van der Waals surface area contributed by atoms with Crippen LogP contribution in [0.15, 0.2) is 77.4 Å². The van der Waals surface area contributed by atoms with Gasteiger partial charge in [-0.3, -0.25) is 0 Å². The van der Waals surface area contributed by atoms with E-state index < -0.39 is 21.4 Å². The van der Waals surface area contributed by atoms with Crippen LogP contribution in [0.5, 0.6) is 5.75 Å². The Morgan fingerprint density at radius 2 is 1.55 bits per heavy atom. The monoisotopic (exact) mass is 408 g/mol. The third-order valence-electron chi connectivity index (χ3n) is 4.90. The van der Waals surface area contributed by atoms with Gasteiger partial charge in [0.05, 0.1) is 10.5 Å². The molecular formula is C23H20O5S. The molecule has 6 heteroatoms. The van der Waals surface area contributed by atoms with Gasteiger partial charge in [0.2, 0.25) is 5.76 Å². The Bertz CT molecular complexity index is 1250. The number of esters is 1. The van der Waals surface area contributed by atoms with Gasteiger partial charge in [-0.05, 0) is 43.0 Å². The lowest BCUT2D eigenvalue weighted by Gasteiger charge is -2.21.